The zero-order valence-corrected chi connectivity index (χ0v) is 35.3. The minimum absolute atomic E-state index is 0.390. The molecule has 12 rings (SSSR count). The average molecular weight is 842 g/mol. The van der Waals surface area contributed by atoms with E-state index in [2.05, 4.69) is 155 Å². The number of rotatable bonds is 7. The molecule has 0 spiro atoms. The van der Waals surface area contributed by atoms with Crippen LogP contribution in [0, 0.1) is 22.7 Å². The lowest BCUT2D eigenvalue weighted by Gasteiger charge is -2.17. The van der Waals surface area contributed by atoms with Gasteiger partial charge in [0.1, 0.15) is 0 Å². The molecule has 12 aromatic rings. The number of benzene rings is 9. The van der Waals surface area contributed by atoms with Gasteiger partial charge in [-0.15, -0.1) is 0 Å². The normalized spacial score (nSPS) is 11.3. The van der Waals surface area contributed by atoms with Crippen LogP contribution >= 0.6 is 0 Å². The molecule has 0 saturated carbocycles. The number of nitriles is 2. The molecular formula is C59H35N7. The van der Waals surface area contributed by atoms with E-state index in [0.29, 0.717) is 39.7 Å². The first-order valence-corrected chi connectivity index (χ1v) is 21.7. The molecule has 0 atom stereocenters. The van der Waals surface area contributed by atoms with Gasteiger partial charge < -0.3 is 9.13 Å². The summed E-state index contributed by atoms with van der Waals surface area (Å²) in [5.41, 5.74) is 13.2. The summed E-state index contributed by atoms with van der Waals surface area (Å²) in [6, 6.07) is 76.8. The molecule has 0 N–H and O–H groups in total. The Morgan fingerprint density at radius 3 is 1.12 bits per heavy atom. The quantitative estimate of drug-likeness (QED) is 0.159. The molecule has 0 aliphatic rings. The fourth-order valence-corrected chi connectivity index (χ4v) is 9.38. The summed E-state index contributed by atoms with van der Waals surface area (Å²) in [6.45, 7) is 0. The first-order chi connectivity index (χ1) is 32.6. The van der Waals surface area contributed by atoms with E-state index in [0.717, 1.165) is 82.8 Å². The van der Waals surface area contributed by atoms with Gasteiger partial charge in [-0.1, -0.05) is 140 Å². The topological polar surface area (TPSA) is 96.1 Å². The van der Waals surface area contributed by atoms with Crippen LogP contribution in [0.2, 0.25) is 0 Å². The molecule has 9 aromatic carbocycles. The van der Waals surface area contributed by atoms with Crippen LogP contribution in [0.15, 0.2) is 212 Å². The Kier molecular flexibility index (Phi) is 9.12. The second-order valence-electron chi connectivity index (χ2n) is 16.3. The van der Waals surface area contributed by atoms with E-state index < -0.39 is 0 Å². The van der Waals surface area contributed by atoms with Crippen molar-refractivity contribution in [3.8, 4) is 79.9 Å². The van der Waals surface area contributed by atoms with E-state index in [4.69, 9.17) is 15.0 Å². The maximum atomic E-state index is 10.4. The van der Waals surface area contributed by atoms with Crippen molar-refractivity contribution in [2.24, 2.45) is 0 Å². The summed E-state index contributed by atoms with van der Waals surface area (Å²) in [5.74, 6) is 1.24. The molecular weight excluding hydrogens is 807 g/mol. The summed E-state index contributed by atoms with van der Waals surface area (Å²) >= 11 is 0. The van der Waals surface area contributed by atoms with Gasteiger partial charge in [0.15, 0.2) is 17.5 Å². The molecule has 7 heteroatoms. The SMILES string of the molecule is N#Cc1ccc(-n2c3ccccc3c3cc(-c4ccccc4)ccc32)c(-c2nc(-c3ccccc3)nc(-c3cc(C#N)ccc3-n3c4ccccc4c4cc(-c5ccccc5)ccc43)n2)c1. The highest BCUT2D eigenvalue weighted by atomic mass is 15.1. The van der Waals surface area contributed by atoms with Crippen LogP contribution in [-0.2, 0) is 0 Å². The summed E-state index contributed by atoms with van der Waals surface area (Å²) < 4.78 is 4.48. The van der Waals surface area contributed by atoms with Gasteiger partial charge in [0, 0.05) is 38.2 Å². The Bertz CT molecular complexity index is 3710. The Labute approximate surface area is 380 Å². The molecule has 3 heterocycles. The minimum Gasteiger partial charge on any atom is -0.308 e. The van der Waals surface area contributed by atoms with E-state index in [1.165, 1.54) is 0 Å². The highest BCUT2D eigenvalue weighted by molar-refractivity contribution is 6.12. The summed E-state index contributed by atoms with van der Waals surface area (Å²) in [7, 11) is 0. The van der Waals surface area contributed by atoms with Crippen LogP contribution in [0.4, 0.5) is 0 Å². The summed E-state index contributed by atoms with van der Waals surface area (Å²) in [5, 5.41) is 25.2. The van der Waals surface area contributed by atoms with E-state index in [1.807, 2.05) is 78.9 Å². The lowest BCUT2D eigenvalue weighted by molar-refractivity contribution is 1.06. The maximum Gasteiger partial charge on any atom is 0.166 e. The third kappa shape index (κ3) is 6.39. The first kappa shape index (κ1) is 38.3. The number of hydrogen-bond donors (Lipinski definition) is 0. The molecule has 0 aliphatic heterocycles. The van der Waals surface area contributed by atoms with Gasteiger partial charge in [-0.25, -0.2) is 15.0 Å². The first-order valence-electron chi connectivity index (χ1n) is 21.7. The summed E-state index contributed by atoms with van der Waals surface area (Å²) in [4.78, 5) is 15.8. The molecule has 3 aromatic heterocycles. The van der Waals surface area contributed by atoms with Gasteiger partial charge in [0.25, 0.3) is 0 Å². The van der Waals surface area contributed by atoms with Gasteiger partial charge in [-0.2, -0.15) is 10.5 Å². The summed E-state index contributed by atoms with van der Waals surface area (Å²) in [6.07, 6.45) is 0. The van der Waals surface area contributed by atoms with Gasteiger partial charge in [0.05, 0.1) is 56.7 Å². The number of fused-ring (bicyclic) bond motifs is 6. The van der Waals surface area contributed by atoms with Crippen LogP contribution < -0.4 is 0 Å². The van der Waals surface area contributed by atoms with Crippen molar-refractivity contribution in [1.29, 1.82) is 10.5 Å². The van der Waals surface area contributed by atoms with Gasteiger partial charge >= 0.3 is 0 Å². The standard InChI is InChI=1S/C59H35N7/c60-36-38-24-28-55(65-51-22-12-10-20-45(51)47-34-43(26-30-53(47)65)40-14-4-1-5-15-40)49(32-38)58-62-57(42-18-8-3-9-19-42)63-59(64-58)50-33-39(37-61)25-29-56(50)66-52-23-13-11-21-46(52)48-35-44(27-31-54(48)66)41-16-6-2-7-17-41/h1-35H. The van der Waals surface area contributed by atoms with Crippen molar-refractivity contribution in [2.75, 3.05) is 0 Å². The van der Waals surface area contributed by atoms with Crippen LogP contribution in [-0.4, -0.2) is 24.1 Å². The van der Waals surface area contributed by atoms with Crippen LogP contribution in [0.25, 0.3) is 111 Å². The third-order valence-corrected chi connectivity index (χ3v) is 12.4. The van der Waals surface area contributed by atoms with E-state index in [-0.39, 0.29) is 0 Å². The van der Waals surface area contributed by atoms with Crippen LogP contribution in [0.1, 0.15) is 11.1 Å². The van der Waals surface area contributed by atoms with Crippen molar-refractivity contribution >= 4 is 43.6 Å². The predicted octanol–water partition coefficient (Wildman–Crippen LogP) is 14.1. The highest BCUT2D eigenvalue weighted by Gasteiger charge is 2.23. The Morgan fingerprint density at radius 1 is 0.303 bits per heavy atom. The lowest BCUT2D eigenvalue weighted by atomic mass is 10.0. The zero-order valence-electron chi connectivity index (χ0n) is 35.3. The smallest absolute Gasteiger partial charge is 0.166 e. The fraction of sp³-hybridized carbons (Fsp3) is 0. The van der Waals surface area contributed by atoms with Crippen molar-refractivity contribution in [3.05, 3.63) is 223 Å². The highest BCUT2D eigenvalue weighted by Crippen LogP contribution is 2.41. The van der Waals surface area contributed by atoms with Crippen LogP contribution in [0.3, 0.4) is 0 Å². The molecule has 306 valence electrons. The molecule has 0 saturated heterocycles. The molecule has 0 radical (unpaired) electrons. The largest absolute Gasteiger partial charge is 0.308 e. The molecule has 0 bridgehead atoms. The van der Waals surface area contributed by atoms with Gasteiger partial charge in [0.2, 0.25) is 0 Å². The minimum atomic E-state index is 0.390. The van der Waals surface area contributed by atoms with Crippen molar-refractivity contribution < 1.29 is 0 Å². The second kappa shape index (κ2) is 15.7. The number of aromatic nitrogens is 5. The number of para-hydroxylation sites is 2. The Balaban J connectivity index is 1.12. The number of nitrogens with zero attached hydrogens (tertiary/aromatic N) is 7. The second-order valence-corrected chi connectivity index (χ2v) is 16.3. The van der Waals surface area contributed by atoms with E-state index in [1.54, 1.807) is 0 Å². The number of hydrogen-bond acceptors (Lipinski definition) is 5. The molecule has 66 heavy (non-hydrogen) atoms. The molecule has 0 aliphatic carbocycles. The zero-order chi connectivity index (χ0) is 44.1. The van der Waals surface area contributed by atoms with Gasteiger partial charge in [-0.05, 0) is 95.1 Å². The third-order valence-electron chi connectivity index (χ3n) is 12.4. The maximum absolute atomic E-state index is 10.4. The van der Waals surface area contributed by atoms with Crippen molar-refractivity contribution in [1.82, 2.24) is 24.1 Å². The Morgan fingerprint density at radius 2 is 0.682 bits per heavy atom. The predicted molar refractivity (Wildman–Crippen MR) is 265 cm³/mol. The average Bonchev–Trinajstić information content (AvgIpc) is 3.91. The fourth-order valence-electron chi connectivity index (χ4n) is 9.38. The molecule has 0 fully saturated rings. The molecule has 7 nitrogen and oxygen atoms in total. The van der Waals surface area contributed by atoms with Crippen molar-refractivity contribution in [3.63, 3.8) is 0 Å². The molecule has 0 unspecified atom stereocenters. The van der Waals surface area contributed by atoms with E-state index in [9.17, 15) is 10.5 Å². The van der Waals surface area contributed by atoms with Crippen molar-refractivity contribution in [2.45, 2.75) is 0 Å². The van der Waals surface area contributed by atoms with Gasteiger partial charge in [-0.3, -0.25) is 0 Å². The Hall–Kier alpha value is -9.43. The monoisotopic (exact) mass is 841 g/mol. The van der Waals surface area contributed by atoms with E-state index >= 15 is 0 Å². The van der Waals surface area contributed by atoms with Crippen LogP contribution in [0.5, 0.6) is 0 Å². The lowest BCUT2D eigenvalue weighted by Crippen LogP contribution is -2.06. The molecule has 0 amide bonds.